The zero-order valence-electron chi connectivity index (χ0n) is 20.9. The molecule has 34 heavy (non-hydrogen) atoms. The Kier molecular flexibility index (Phi) is 7.79. The van der Waals surface area contributed by atoms with Gasteiger partial charge in [-0.05, 0) is 51.2 Å². The van der Waals surface area contributed by atoms with E-state index in [9.17, 15) is 14.4 Å². The van der Waals surface area contributed by atoms with E-state index in [1.165, 1.54) is 25.7 Å². The van der Waals surface area contributed by atoms with Crippen molar-refractivity contribution in [2.24, 2.45) is 5.92 Å². The number of hydrogen-bond acceptors (Lipinski definition) is 4. The molecule has 1 aliphatic carbocycles. The number of hydrogen-bond donors (Lipinski definition) is 0. The van der Waals surface area contributed by atoms with Gasteiger partial charge >= 0.3 is 0 Å². The molecule has 7 heteroatoms. The summed E-state index contributed by atoms with van der Waals surface area (Å²) in [5, 5.41) is 0. The lowest BCUT2D eigenvalue weighted by atomic mass is 9.85. The van der Waals surface area contributed by atoms with E-state index < -0.39 is 5.54 Å². The average Bonchev–Trinajstić information content (AvgIpc) is 3.47. The summed E-state index contributed by atoms with van der Waals surface area (Å²) in [6.45, 7) is 6.91. The Morgan fingerprint density at radius 3 is 2.29 bits per heavy atom. The highest BCUT2D eigenvalue weighted by atomic mass is 16.2. The minimum atomic E-state index is -0.687. The molecule has 1 spiro atoms. The number of likely N-dealkylation sites (N-methyl/N-ethyl adjacent to an activating group) is 1. The van der Waals surface area contributed by atoms with E-state index >= 15 is 0 Å². The molecule has 2 saturated heterocycles. The van der Waals surface area contributed by atoms with Crippen molar-refractivity contribution in [3.05, 3.63) is 30.3 Å². The van der Waals surface area contributed by atoms with Crippen LogP contribution in [0, 0.1) is 5.92 Å². The highest BCUT2D eigenvalue weighted by Crippen LogP contribution is 2.39. The third-order valence-electron chi connectivity index (χ3n) is 8.21. The summed E-state index contributed by atoms with van der Waals surface area (Å²) in [6, 6.07) is 10.0. The second kappa shape index (κ2) is 10.8. The van der Waals surface area contributed by atoms with Gasteiger partial charge in [-0.15, -0.1) is 0 Å². The lowest BCUT2D eigenvalue weighted by Gasteiger charge is -2.43. The summed E-state index contributed by atoms with van der Waals surface area (Å²) in [4.78, 5) is 47.1. The van der Waals surface area contributed by atoms with Crippen LogP contribution in [0.15, 0.2) is 30.3 Å². The van der Waals surface area contributed by atoms with E-state index in [1.807, 2.05) is 49.1 Å². The van der Waals surface area contributed by atoms with Crippen molar-refractivity contribution in [1.82, 2.24) is 14.7 Å². The first kappa shape index (κ1) is 24.6. The van der Waals surface area contributed by atoms with Crippen molar-refractivity contribution in [1.29, 1.82) is 0 Å². The van der Waals surface area contributed by atoms with Crippen LogP contribution in [0.4, 0.5) is 5.69 Å². The fraction of sp³-hybridized carbons (Fsp3) is 0.667. The van der Waals surface area contributed by atoms with Gasteiger partial charge in [-0.3, -0.25) is 14.4 Å². The number of benzene rings is 1. The minimum Gasteiger partial charge on any atom is -0.342 e. The number of rotatable bonds is 8. The van der Waals surface area contributed by atoms with Gasteiger partial charge in [-0.25, -0.2) is 0 Å². The van der Waals surface area contributed by atoms with Crippen LogP contribution in [0.5, 0.6) is 0 Å². The second-order valence-corrected chi connectivity index (χ2v) is 10.1. The number of likely N-dealkylation sites (tertiary alicyclic amines) is 1. The fourth-order valence-corrected chi connectivity index (χ4v) is 6.07. The summed E-state index contributed by atoms with van der Waals surface area (Å²) in [7, 11) is 0. The molecule has 7 nitrogen and oxygen atoms in total. The Morgan fingerprint density at radius 2 is 1.68 bits per heavy atom. The molecule has 0 N–H and O–H groups in total. The first-order valence-corrected chi connectivity index (χ1v) is 13.2. The molecular formula is C27H40N4O3. The highest BCUT2D eigenvalue weighted by molar-refractivity contribution is 5.96. The molecule has 4 rings (SSSR count). The van der Waals surface area contributed by atoms with Crippen molar-refractivity contribution >= 4 is 23.4 Å². The van der Waals surface area contributed by atoms with Gasteiger partial charge in [0.15, 0.2) is 0 Å². The molecule has 0 aromatic heterocycles. The predicted octanol–water partition coefficient (Wildman–Crippen LogP) is 3.49. The Bertz CT molecular complexity index is 856. The Morgan fingerprint density at radius 1 is 1.03 bits per heavy atom. The van der Waals surface area contributed by atoms with Crippen LogP contribution in [-0.2, 0) is 14.4 Å². The fourth-order valence-electron chi connectivity index (χ4n) is 6.07. The first-order valence-electron chi connectivity index (χ1n) is 13.2. The van der Waals surface area contributed by atoms with Gasteiger partial charge in [0.2, 0.25) is 11.8 Å². The van der Waals surface area contributed by atoms with E-state index in [-0.39, 0.29) is 24.3 Å². The van der Waals surface area contributed by atoms with Crippen molar-refractivity contribution in [3.63, 3.8) is 0 Å². The summed E-state index contributed by atoms with van der Waals surface area (Å²) in [6.07, 6.45) is 7.95. The second-order valence-electron chi connectivity index (χ2n) is 10.1. The van der Waals surface area contributed by atoms with Crippen LogP contribution >= 0.6 is 0 Å². The normalized spacial score (nSPS) is 20.4. The van der Waals surface area contributed by atoms with E-state index in [0.29, 0.717) is 58.0 Å². The number of piperidine rings is 1. The van der Waals surface area contributed by atoms with Crippen LogP contribution < -0.4 is 4.90 Å². The third kappa shape index (κ3) is 4.93. The molecule has 2 heterocycles. The highest BCUT2D eigenvalue weighted by Gasteiger charge is 2.54. The Hall–Kier alpha value is -2.57. The van der Waals surface area contributed by atoms with Gasteiger partial charge in [-0.1, -0.05) is 43.9 Å². The number of nitrogens with zero attached hydrogens (tertiary/aromatic N) is 4. The van der Waals surface area contributed by atoms with Crippen molar-refractivity contribution in [3.8, 4) is 0 Å². The monoisotopic (exact) mass is 468 g/mol. The Balaban J connectivity index is 1.46. The molecule has 3 fully saturated rings. The summed E-state index contributed by atoms with van der Waals surface area (Å²) in [5.74, 6) is 0.951. The summed E-state index contributed by atoms with van der Waals surface area (Å²) >= 11 is 0. The zero-order chi connectivity index (χ0) is 24.1. The van der Waals surface area contributed by atoms with Gasteiger partial charge in [0, 0.05) is 38.3 Å². The first-order chi connectivity index (χ1) is 16.5. The van der Waals surface area contributed by atoms with Crippen LogP contribution in [-0.4, -0.2) is 77.4 Å². The molecule has 3 aliphatic rings. The van der Waals surface area contributed by atoms with Crippen LogP contribution in [0.3, 0.4) is 0 Å². The minimum absolute atomic E-state index is 0.0112. The van der Waals surface area contributed by atoms with E-state index in [2.05, 4.69) is 4.90 Å². The third-order valence-corrected chi connectivity index (χ3v) is 8.21. The topological polar surface area (TPSA) is 64.2 Å². The van der Waals surface area contributed by atoms with E-state index in [1.54, 1.807) is 9.80 Å². The van der Waals surface area contributed by atoms with Crippen LogP contribution in [0.1, 0.15) is 65.2 Å². The van der Waals surface area contributed by atoms with Gasteiger partial charge < -0.3 is 19.6 Å². The van der Waals surface area contributed by atoms with Gasteiger partial charge in [0.25, 0.3) is 5.91 Å². The number of carbonyl (C=O) groups excluding carboxylic acids is 3. The molecular weight excluding hydrogens is 428 g/mol. The summed E-state index contributed by atoms with van der Waals surface area (Å²) in [5.41, 5.74) is 0.308. The maximum atomic E-state index is 13.8. The molecule has 1 aromatic carbocycles. The van der Waals surface area contributed by atoms with E-state index in [4.69, 9.17) is 0 Å². The molecule has 0 bridgehead atoms. The molecule has 0 unspecified atom stereocenters. The van der Waals surface area contributed by atoms with Gasteiger partial charge in [0.05, 0.1) is 6.67 Å². The lowest BCUT2D eigenvalue weighted by molar-refractivity contribution is -0.142. The largest absolute Gasteiger partial charge is 0.342 e. The summed E-state index contributed by atoms with van der Waals surface area (Å²) < 4.78 is 0. The number of carbonyl (C=O) groups is 3. The predicted molar refractivity (Wildman–Crippen MR) is 133 cm³/mol. The maximum Gasteiger partial charge on any atom is 0.250 e. The van der Waals surface area contributed by atoms with Crippen molar-refractivity contribution in [2.45, 2.75) is 70.8 Å². The zero-order valence-corrected chi connectivity index (χ0v) is 20.9. The van der Waals surface area contributed by atoms with Crippen LogP contribution in [0.25, 0.3) is 0 Å². The van der Waals surface area contributed by atoms with Crippen LogP contribution in [0.2, 0.25) is 0 Å². The SMILES string of the molecule is CCN(CC)C(=O)CN1CN(c2ccccc2)C2(CCN(C(=O)CCC3CCCC3)CC2)C1=O. The maximum absolute atomic E-state index is 13.8. The van der Waals surface area contributed by atoms with E-state index in [0.717, 1.165) is 12.1 Å². The van der Waals surface area contributed by atoms with Gasteiger partial charge in [0.1, 0.15) is 12.1 Å². The molecule has 3 amide bonds. The molecule has 2 aliphatic heterocycles. The Labute approximate surface area is 204 Å². The average molecular weight is 469 g/mol. The molecule has 186 valence electrons. The number of amides is 3. The molecule has 1 saturated carbocycles. The van der Waals surface area contributed by atoms with Crippen molar-refractivity contribution < 1.29 is 14.4 Å². The standard InChI is InChI=1S/C27H40N4O3/c1-3-28(4-2)25(33)20-30-21-31(23-12-6-5-7-13-23)27(26(30)34)16-18-29(19-17-27)24(32)15-14-22-10-8-9-11-22/h5-7,12-13,22H,3-4,8-11,14-21H2,1-2H3. The molecule has 0 atom stereocenters. The molecule has 1 aromatic rings. The van der Waals surface area contributed by atoms with Crippen molar-refractivity contribution in [2.75, 3.05) is 44.3 Å². The van der Waals surface area contributed by atoms with Gasteiger partial charge in [-0.2, -0.15) is 0 Å². The quantitative estimate of drug-likeness (QED) is 0.586. The molecule has 0 radical (unpaired) electrons. The number of para-hydroxylation sites is 1. The smallest absolute Gasteiger partial charge is 0.250 e. The lowest BCUT2D eigenvalue weighted by Crippen LogP contribution is -2.57. The number of anilines is 1.